The van der Waals surface area contributed by atoms with Crippen molar-refractivity contribution in [2.24, 2.45) is 5.73 Å². The number of methoxy groups -OCH3 is 1. The van der Waals surface area contributed by atoms with E-state index in [-0.39, 0.29) is 5.41 Å². The van der Waals surface area contributed by atoms with Crippen molar-refractivity contribution in [3.8, 4) is 5.75 Å². The second-order valence-corrected chi connectivity index (χ2v) is 6.30. The second kappa shape index (κ2) is 6.15. The zero-order valence-electron chi connectivity index (χ0n) is 13.3. The fraction of sp³-hybridized carbons (Fsp3) is 0.647. The molecular formula is C17H28N2O. The van der Waals surface area contributed by atoms with Crippen LogP contribution in [-0.2, 0) is 5.41 Å². The Bertz CT molecular complexity index is 448. The topological polar surface area (TPSA) is 38.5 Å². The first kappa shape index (κ1) is 15.3. The molecule has 0 spiro atoms. The minimum Gasteiger partial charge on any atom is -0.496 e. The molecular weight excluding hydrogens is 248 g/mol. The number of likely N-dealkylation sites (tertiary alicyclic amines) is 1. The van der Waals surface area contributed by atoms with Gasteiger partial charge in [0.05, 0.1) is 7.11 Å². The molecule has 0 bridgehead atoms. The van der Waals surface area contributed by atoms with Crippen LogP contribution in [0, 0.1) is 6.92 Å². The van der Waals surface area contributed by atoms with Crippen molar-refractivity contribution in [1.29, 1.82) is 0 Å². The molecule has 0 radical (unpaired) electrons. The van der Waals surface area contributed by atoms with Crippen molar-refractivity contribution >= 4 is 0 Å². The molecule has 3 heteroatoms. The highest BCUT2D eigenvalue weighted by molar-refractivity contribution is 5.40. The van der Waals surface area contributed by atoms with E-state index < -0.39 is 0 Å². The number of nitrogens with two attached hydrogens (primary N) is 1. The van der Waals surface area contributed by atoms with Crippen molar-refractivity contribution in [1.82, 2.24) is 4.90 Å². The Morgan fingerprint density at radius 3 is 2.40 bits per heavy atom. The standard InChI is InChI=1S/C17H28N2O/c1-13(2)19-9-7-17(12-18,8-10-19)15-5-6-16(20-4)14(3)11-15/h5-6,11,13H,7-10,12,18H2,1-4H3. The Labute approximate surface area is 123 Å². The Hall–Kier alpha value is -1.06. The van der Waals surface area contributed by atoms with E-state index >= 15 is 0 Å². The lowest BCUT2D eigenvalue weighted by Crippen LogP contribution is -2.48. The van der Waals surface area contributed by atoms with Crippen LogP contribution in [0.3, 0.4) is 0 Å². The summed E-state index contributed by atoms with van der Waals surface area (Å²) in [4.78, 5) is 2.55. The van der Waals surface area contributed by atoms with E-state index in [0.29, 0.717) is 6.04 Å². The zero-order valence-corrected chi connectivity index (χ0v) is 13.3. The second-order valence-electron chi connectivity index (χ2n) is 6.30. The molecule has 20 heavy (non-hydrogen) atoms. The van der Waals surface area contributed by atoms with Crippen molar-refractivity contribution in [3.05, 3.63) is 29.3 Å². The lowest BCUT2D eigenvalue weighted by Gasteiger charge is -2.43. The Morgan fingerprint density at radius 1 is 1.30 bits per heavy atom. The van der Waals surface area contributed by atoms with E-state index in [1.165, 1.54) is 11.1 Å². The predicted molar refractivity (Wildman–Crippen MR) is 84.4 cm³/mol. The number of hydrogen-bond acceptors (Lipinski definition) is 3. The zero-order chi connectivity index (χ0) is 14.8. The summed E-state index contributed by atoms with van der Waals surface area (Å²) in [5.41, 5.74) is 8.88. The Balaban J connectivity index is 2.22. The van der Waals surface area contributed by atoms with Gasteiger partial charge < -0.3 is 15.4 Å². The minimum atomic E-state index is 0.141. The van der Waals surface area contributed by atoms with E-state index in [1.807, 2.05) is 0 Å². The molecule has 2 N–H and O–H groups in total. The maximum atomic E-state index is 6.16. The largest absolute Gasteiger partial charge is 0.496 e. The number of aryl methyl sites for hydroxylation is 1. The van der Waals surface area contributed by atoms with Crippen molar-refractivity contribution < 1.29 is 4.74 Å². The van der Waals surface area contributed by atoms with Gasteiger partial charge in [-0.05, 0) is 63.9 Å². The van der Waals surface area contributed by atoms with E-state index in [9.17, 15) is 0 Å². The van der Waals surface area contributed by atoms with Crippen LogP contribution in [0.4, 0.5) is 0 Å². The van der Waals surface area contributed by atoms with Gasteiger partial charge in [-0.15, -0.1) is 0 Å². The molecule has 0 saturated carbocycles. The van der Waals surface area contributed by atoms with Crippen molar-refractivity contribution in [3.63, 3.8) is 0 Å². The molecule has 0 amide bonds. The van der Waals surface area contributed by atoms with Crippen molar-refractivity contribution in [2.75, 3.05) is 26.7 Å². The van der Waals surface area contributed by atoms with E-state index in [1.54, 1.807) is 7.11 Å². The van der Waals surface area contributed by atoms with Crippen LogP contribution in [0.2, 0.25) is 0 Å². The number of rotatable bonds is 4. The van der Waals surface area contributed by atoms with Crippen LogP contribution in [0.5, 0.6) is 5.75 Å². The minimum absolute atomic E-state index is 0.141. The summed E-state index contributed by atoms with van der Waals surface area (Å²) in [6.07, 6.45) is 2.29. The van der Waals surface area contributed by atoms with Gasteiger partial charge in [-0.1, -0.05) is 12.1 Å². The molecule has 1 aromatic rings. The first-order valence-electron chi connectivity index (χ1n) is 7.61. The van der Waals surface area contributed by atoms with Crippen LogP contribution >= 0.6 is 0 Å². The summed E-state index contributed by atoms with van der Waals surface area (Å²) in [5, 5.41) is 0. The monoisotopic (exact) mass is 276 g/mol. The number of hydrogen-bond donors (Lipinski definition) is 1. The van der Waals surface area contributed by atoms with Gasteiger partial charge in [-0.3, -0.25) is 0 Å². The highest BCUT2D eigenvalue weighted by Gasteiger charge is 2.35. The van der Waals surface area contributed by atoms with E-state index in [4.69, 9.17) is 10.5 Å². The van der Waals surface area contributed by atoms with Crippen molar-refractivity contribution in [2.45, 2.75) is 45.1 Å². The SMILES string of the molecule is COc1ccc(C2(CN)CCN(C(C)C)CC2)cc1C. The predicted octanol–water partition coefficient (Wildman–Crippen LogP) is 2.70. The molecule has 1 aliphatic rings. The molecule has 0 atom stereocenters. The molecule has 1 fully saturated rings. The summed E-state index contributed by atoms with van der Waals surface area (Å²) in [6.45, 7) is 9.65. The van der Waals surface area contributed by atoms with Gasteiger partial charge in [-0.2, -0.15) is 0 Å². The third-order valence-electron chi connectivity index (χ3n) is 4.88. The molecule has 1 saturated heterocycles. The van der Waals surface area contributed by atoms with Gasteiger partial charge >= 0.3 is 0 Å². The summed E-state index contributed by atoms with van der Waals surface area (Å²) >= 11 is 0. The number of piperidine rings is 1. The summed E-state index contributed by atoms with van der Waals surface area (Å²) in [6, 6.07) is 7.17. The molecule has 1 aliphatic heterocycles. The fourth-order valence-corrected chi connectivity index (χ4v) is 3.29. The molecule has 0 aliphatic carbocycles. The lowest BCUT2D eigenvalue weighted by molar-refractivity contribution is 0.132. The van der Waals surface area contributed by atoms with Gasteiger partial charge in [0.25, 0.3) is 0 Å². The van der Waals surface area contributed by atoms with Gasteiger partial charge in [0, 0.05) is 18.0 Å². The molecule has 2 rings (SSSR count). The third-order valence-corrected chi connectivity index (χ3v) is 4.88. The fourth-order valence-electron chi connectivity index (χ4n) is 3.29. The summed E-state index contributed by atoms with van der Waals surface area (Å²) in [5.74, 6) is 0.959. The molecule has 1 aromatic carbocycles. The molecule has 3 nitrogen and oxygen atoms in total. The first-order valence-corrected chi connectivity index (χ1v) is 7.61. The third kappa shape index (κ3) is 2.84. The molecule has 0 aromatic heterocycles. The summed E-state index contributed by atoms with van der Waals surface area (Å²) < 4.78 is 5.36. The maximum absolute atomic E-state index is 6.16. The maximum Gasteiger partial charge on any atom is 0.121 e. The van der Waals surface area contributed by atoms with Crippen LogP contribution in [0.15, 0.2) is 18.2 Å². The van der Waals surface area contributed by atoms with Gasteiger partial charge in [-0.25, -0.2) is 0 Å². The lowest BCUT2D eigenvalue weighted by atomic mass is 9.72. The normalized spacial score (nSPS) is 19.3. The van der Waals surface area contributed by atoms with Crippen LogP contribution in [0.1, 0.15) is 37.8 Å². The highest BCUT2D eigenvalue weighted by atomic mass is 16.5. The van der Waals surface area contributed by atoms with Gasteiger partial charge in [0.1, 0.15) is 5.75 Å². The molecule has 0 unspecified atom stereocenters. The number of benzene rings is 1. The average molecular weight is 276 g/mol. The van der Waals surface area contributed by atoms with E-state index in [0.717, 1.165) is 38.2 Å². The molecule has 112 valence electrons. The number of ether oxygens (including phenoxy) is 1. The first-order chi connectivity index (χ1) is 9.52. The quantitative estimate of drug-likeness (QED) is 0.919. The summed E-state index contributed by atoms with van der Waals surface area (Å²) in [7, 11) is 1.72. The van der Waals surface area contributed by atoms with Crippen LogP contribution in [0.25, 0.3) is 0 Å². The van der Waals surface area contributed by atoms with Crippen LogP contribution in [-0.4, -0.2) is 37.7 Å². The number of nitrogens with zero attached hydrogens (tertiary/aromatic N) is 1. The van der Waals surface area contributed by atoms with Gasteiger partial charge in [0.15, 0.2) is 0 Å². The Morgan fingerprint density at radius 2 is 1.95 bits per heavy atom. The average Bonchev–Trinajstić information content (AvgIpc) is 2.47. The Kier molecular flexibility index (Phi) is 4.71. The highest BCUT2D eigenvalue weighted by Crippen LogP contribution is 2.36. The van der Waals surface area contributed by atoms with Crippen LogP contribution < -0.4 is 10.5 Å². The smallest absolute Gasteiger partial charge is 0.121 e. The molecule has 1 heterocycles. The van der Waals surface area contributed by atoms with Gasteiger partial charge in [0.2, 0.25) is 0 Å². The van der Waals surface area contributed by atoms with E-state index in [2.05, 4.69) is 43.9 Å².